The van der Waals surface area contributed by atoms with Crippen molar-refractivity contribution < 1.29 is 5.11 Å². The van der Waals surface area contributed by atoms with Crippen molar-refractivity contribution in [3.63, 3.8) is 0 Å². The number of hydrogen-bond acceptors (Lipinski definition) is 5. The maximum Gasteiger partial charge on any atom is 0.310 e. The first-order chi connectivity index (χ1) is 12.7. The Morgan fingerprint density at radius 1 is 1.04 bits per heavy atom. The van der Waals surface area contributed by atoms with Gasteiger partial charge in [-0.15, -0.1) is 5.10 Å². The molecule has 1 aromatic heterocycles. The van der Waals surface area contributed by atoms with Crippen molar-refractivity contribution in [3.05, 3.63) is 91.9 Å². The van der Waals surface area contributed by atoms with E-state index in [0.29, 0.717) is 11.4 Å². The summed E-state index contributed by atoms with van der Waals surface area (Å²) >= 11 is 1.01. The fourth-order valence-corrected chi connectivity index (χ4v) is 3.59. The van der Waals surface area contributed by atoms with E-state index in [0.717, 1.165) is 33.7 Å². The summed E-state index contributed by atoms with van der Waals surface area (Å²) in [5.41, 5.74) is 3.38. The molecule has 0 spiro atoms. The van der Waals surface area contributed by atoms with Gasteiger partial charge in [0.05, 0.1) is 17.6 Å². The maximum absolute atomic E-state index is 12.3. The van der Waals surface area contributed by atoms with E-state index >= 15 is 0 Å². The molecule has 4 rings (SSSR count). The lowest BCUT2D eigenvalue weighted by Crippen LogP contribution is -2.13. The summed E-state index contributed by atoms with van der Waals surface area (Å²) in [4.78, 5) is 12.6. The van der Waals surface area contributed by atoms with E-state index in [1.807, 2.05) is 60.7 Å². The average molecular weight is 361 g/mol. The highest BCUT2D eigenvalue weighted by Crippen LogP contribution is 2.25. The van der Waals surface area contributed by atoms with Crippen LogP contribution in [-0.4, -0.2) is 21.6 Å². The Bertz CT molecular complexity index is 1080. The molecule has 0 radical (unpaired) electrons. The second-order valence-electron chi connectivity index (χ2n) is 5.79. The second-order valence-corrected chi connectivity index (χ2v) is 6.78. The summed E-state index contributed by atoms with van der Waals surface area (Å²) in [6, 6.07) is 19.3. The molecule has 0 aliphatic carbocycles. The first kappa shape index (κ1) is 16.2. The van der Waals surface area contributed by atoms with Gasteiger partial charge in [-0.05, 0) is 11.6 Å². The minimum Gasteiger partial charge on any atom is -0.493 e. The summed E-state index contributed by atoms with van der Waals surface area (Å²) in [5.74, 6) is -0.0379. The molecule has 0 atom stereocenters. The smallest absolute Gasteiger partial charge is 0.310 e. The van der Waals surface area contributed by atoms with Gasteiger partial charge < -0.3 is 5.11 Å². The minimum atomic E-state index is -0.202. The molecule has 0 fully saturated rings. The number of thiazole rings is 1. The van der Waals surface area contributed by atoms with Gasteiger partial charge >= 0.3 is 4.87 Å². The van der Waals surface area contributed by atoms with Gasteiger partial charge in [-0.1, -0.05) is 72.0 Å². The molecule has 0 saturated heterocycles. The van der Waals surface area contributed by atoms with Gasteiger partial charge in [-0.3, -0.25) is 9.36 Å². The van der Waals surface area contributed by atoms with Crippen LogP contribution < -0.4 is 4.87 Å². The number of benzene rings is 2. The summed E-state index contributed by atoms with van der Waals surface area (Å²) in [6.45, 7) is 0.332. The van der Waals surface area contributed by atoms with E-state index in [1.54, 1.807) is 12.3 Å². The Morgan fingerprint density at radius 3 is 2.46 bits per heavy atom. The molecule has 1 aliphatic rings. The van der Waals surface area contributed by atoms with Crippen molar-refractivity contribution >= 4 is 29.3 Å². The quantitative estimate of drug-likeness (QED) is 0.772. The van der Waals surface area contributed by atoms with Crippen molar-refractivity contribution in [3.8, 4) is 5.88 Å². The van der Waals surface area contributed by atoms with E-state index in [9.17, 15) is 9.90 Å². The summed E-state index contributed by atoms with van der Waals surface area (Å²) in [6.07, 6.45) is 3.39. The van der Waals surface area contributed by atoms with Gasteiger partial charge in [-0.2, -0.15) is 5.10 Å². The molecular formula is C20H15N3O2S. The zero-order valence-corrected chi connectivity index (χ0v) is 14.6. The Hall–Kier alpha value is -3.25. The minimum absolute atomic E-state index is 0.0379. The molecule has 128 valence electrons. The number of hydrogen-bond donors (Lipinski definition) is 1. The lowest BCUT2D eigenvalue weighted by Gasteiger charge is -2.04. The van der Waals surface area contributed by atoms with Gasteiger partial charge in [0.15, 0.2) is 0 Å². The van der Waals surface area contributed by atoms with Gasteiger partial charge in [0.2, 0.25) is 5.88 Å². The predicted molar refractivity (Wildman–Crippen MR) is 105 cm³/mol. The van der Waals surface area contributed by atoms with Crippen LogP contribution in [0.3, 0.4) is 0 Å². The zero-order valence-electron chi connectivity index (χ0n) is 13.7. The third-order valence-electron chi connectivity index (χ3n) is 4.04. The van der Waals surface area contributed by atoms with E-state index in [2.05, 4.69) is 10.2 Å². The van der Waals surface area contributed by atoms with E-state index in [1.165, 1.54) is 4.57 Å². The SMILES string of the molecule is O=c1sc(/C=C2/C=NN=C2c2ccccc2)c(O)n1Cc1ccccc1. The highest BCUT2D eigenvalue weighted by atomic mass is 32.1. The van der Waals surface area contributed by atoms with Crippen LogP contribution in [0.2, 0.25) is 0 Å². The first-order valence-electron chi connectivity index (χ1n) is 8.07. The van der Waals surface area contributed by atoms with E-state index in [4.69, 9.17) is 0 Å². The number of allylic oxidation sites excluding steroid dienone is 1. The lowest BCUT2D eigenvalue weighted by atomic mass is 10.0. The standard InChI is InChI=1S/C20H15N3O2S/c24-19-17(26-20(25)23(19)13-14-7-3-1-4-8-14)11-16-12-21-22-18(16)15-9-5-2-6-10-15/h1-12,24H,13H2/b16-11-. The fraction of sp³-hybridized carbons (Fsp3) is 0.0500. The largest absolute Gasteiger partial charge is 0.493 e. The molecule has 2 aromatic carbocycles. The Labute approximate surface area is 153 Å². The Balaban J connectivity index is 1.68. The first-order valence-corrected chi connectivity index (χ1v) is 8.89. The van der Waals surface area contributed by atoms with Gasteiger partial charge in [0, 0.05) is 11.1 Å². The molecular weight excluding hydrogens is 346 g/mol. The molecule has 0 bridgehead atoms. The van der Waals surface area contributed by atoms with Crippen LogP contribution in [0, 0.1) is 0 Å². The average Bonchev–Trinajstić information content (AvgIpc) is 3.24. The highest BCUT2D eigenvalue weighted by Gasteiger charge is 2.17. The Kier molecular flexibility index (Phi) is 4.33. The van der Waals surface area contributed by atoms with Crippen molar-refractivity contribution in [2.75, 3.05) is 0 Å². The highest BCUT2D eigenvalue weighted by molar-refractivity contribution is 7.10. The summed E-state index contributed by atoms with van der Waals surface area (Å²) in [7, 11) is 0. The van der Waals surface area contributed by atoms with Crippen molar-refractivity contribution in [1.82, 2.24) is 4.57 Å². The van der Waals surface area contributed by atoms with Crippen LogP contribution in [0.4, 0.5) is 0 Å². The molecule has 1 N–H and O–H groups in total. The molecule has 6 heteroatoms. The molecule has 0 saturated carbocycles. The van der Waals surface area contributed by atoms with Crippen molar-refractivity contribution in [2.45, 2.75) is 6.54 Å². The van der Waals surface area contributed by atoms with Crippen molar-refractivity contribution in [1.29, 1.82) is 0 Å². The molecule has 26 heavy (non-hydrogen) atoms. The third kappa shape index (κ3) is 3.14. The number of aromatic hydroxyl groups is 1. The molecule has 5 nitrogen and oxygen atoms in total. The topological polar surface area (TPSA) is 66.9 Å². The summed E-state index contributed by atoms with van der Waals surface area (Å²) < 4.78 is 1.37. The van der Waals surface area contributed by atoms with Gasteiger partial charge in [0.25, 0.3) is 0 Å². The van der Waals surface area contributed by atoms with Crippen LogP contribution in [0.5, 0.6) is 5.88 Å². The molecule has 0 unspecified atom stereocenters. The maximum atomic E-state index is 12.3. The predicted octanol–water partition coefficient (Wildman–Crippen LogP) is 3.54. The third-order valence-corrected chi connectivity index (χ3v) is 4.95. The van der Waals surface area contributed by atoms with E-state index in [-0.39, 0.29) is 10.8 Å². The molecule has 1 aliphatic heterocycles. The normalized spacial score (nSPS) is 14.8. The molecule has 3 aromatic rings. The van der Waals surface area contributed by atoms with E-state index < -0.39 is 0 Å². The van der Waals surface area contributed by atoms with Crippen LogP contribution in [0.15, 0.2) is 81.2 Å². The van der Waals surface area contributed by atoms with Gasteiger partial charge in [0.1, 0.15) is 5.71 Å². The summed E-state index contributed by atoms with van der Waals surface area (Å²) in [5, 5.41) is 18.7. The van der Waals surface area contributed by atoms with Crippen LogP contribution in [0.25, 0.3) is 6.08 Å². The van der Waals surface area contributed by atoms with Gasteiger partial charge in [-0.25, -0.2) is 0 Å². The fourth-order valence-electron chi connectivity index (χ4n) is 2.75. The number of nitrogens with zero attached hydrogens (tertiary/aromatic N) is 3. The number of rotatable bonds is 4. The number of aromatic nitrogens is 1. The monoisotopic (exact) mass is 361 g/mol. The zero-order chi connectivity index (χ0) is 17.9. The molecule has 0 amide bonds. The van der Waals surface area contributed by atoms with Crippen molar-refractivity contribution in [2.24, 2.45) is 10.2 Å². The van der Waals surface area contributed by atoms with Crippen LogP contribution in [-0.2, 0) is 6.54 Å². The van der Waals surface area contributed by atoms with Crippen LogP contribution in [0.1, 0.15) is 16.0 Å². The Morgan fingerprint density at radius 2 is 1.73 bits per heavy atom. The van der Waals surface area contributed by atoms with Crippen LogP contribution >= 0.6 is 11.3 Å². The molecule has 2 heterocycles. The lowest BCUT2D eigenvalue weighted by molar-refractivity contribution is 0.420. The second kappa shape index (κ2) is 6.93.